The molecule has 0 fully saturated rings. The third-order valence-electron chi connectivity index (χ3n) is 5.29. The van der Waals surface area contributed by atoms with Crippen molar-refractivity contribution in [2.75, 3.05) is 12.3 Å². The van der Waals surface area contributed by atoms with Gasteiger partial charge in [0.05, 0.1) is 23.9 Å². The second-order valence-corrected chi connectivity index (χ2v) is 8.96. The molecule has 2 aromatic heterocycles. The second-order valence-electron chi connectivity index (χ2n) is 7.46. The van der Waals surface area contributed by atoms with E-state index in [2.05, 4.69) is 10.2 Å². The highest BCUT2D eigenvalue weighted by molar-refractivity contribution is 7.99. The highest BCUT2D eigenvalue weighted by atomic mass is 35.5. The number of fused-ring (bicyclic) bond motifs is 1. The third kappa shape index (κ3) is 4.57. The molecular formula is C24H19ClN4O4S. The van der Waals surface area contributed by atoms with Gasteiger partial charge < -0.3 is 9.15 Å². The predicted octanol–water partition coefficient (Wildman–Crippen LogP) is 4.54. The molecule has 8 nitrogen and oxygen atoms in total. The molecule has 172 valence electrons. The number of halogens is 1. The number of hydrogen-bond acceptors (Lipinski definition) is 7. The van der Waals surface area contributed by atoms with Crippen molar-refractivity contribution in [3.8, 4) is 5.75 Å². The molecule has 0 atom stereocenters. The largest absolute Gasteiger partial charge is 0.486 e. The average molecular weight is 495 g/mol. The Morgan fingerprint density at radius 2 is 1.68 bits per heavy atom. The van der Waals surface area contributed by atoms with Crippen LogP contribution in [0.4, 0.5) is 0 Å². The Morgan fingerprint density at radius 3 is 2.35 bits per heavy atom. The monoisotopic (exact) mass is 494 g/mol. The molecule has 0 radical (unpaired) electrons. The van der Waals surface area contributed by atoms with Gasteiger partial charge in [0.15, 0.2) is 11.0 Å². The van der Waals surface area contributed by atoms with E-state index in [4.69, 9.17) is 20.8 Å². The van der Waals surface area contributed by atoms with Gasteiger partial charge >= 0.3 is 0 Å². The summed E-state index contributed by atoms with van der Waals surface area (Å²) in [6.07, 6.45) is 1.61. The summed E-state index contributed by atoms with van der Waals surface area (Å²) in [4.78, 5) is 26.5. The van der Waals surface area contributed by atoms with Crippen molar-refractivity contribution in [1.82, 2.24) is 19.7 Å². The number of benzene rings is 2. The van der Waals surface area contributed by atoms with Gasteiger partial charge in [0.2, 0.25) is 0 Å². The first-order valence-corrected chi connectivity index (χ1v) is 11.9. The molecule has 0 N–H and O–H groups in total. The van der Waals surface area contributed by atoms with Crippen molar-refractivity contribution < 1.29 is 18.7 Å². The lowest BCUT2D eigenvalue weighted by atomic mass is 10.1. The van der Waals surface area contributed by atoms with Gasteiger partial charge in [-0.1, -0.05) is 35.5 Å². The standard InChI is InChI=1S/C24H19ClN4O4S/c25-16-7-9-17(10-8-16)33-15-21-26-27-24(29(21)14-18-4-3-12-32-18)34-13-11-28-22(30)19-5-1-2-6-20(19)23(28)31/h1-10,12H,11,13-15H2. The minimum Gasteiger partial charge on any atom is -0.486 e. The third-order valence-corrected chi connectivity index (χ3v) is 6.49. The zero-order valence-corrected chi connectivity index (χ0v) is 19.5. The van der Waals surface area contributed by atoms with Crippen LogP contribution in [0.25, 0.3) is 0 Å². The fourth-order valence-corrected chi connectivity index (χ4v) is 4.61. The summed E-state index contributed by atoms with van der Waals surface area (Å²) < 4.78 is 13.3. The minimum absolute atomic E-state index is 0.203. The van der Waals surface area contributed by atoms with E-state index < -0.39 is 0 Å². The maximum absolute atomic E-state index is 12.6. The maximum atomic E-state index is 12.6. The lowest BCUT2D eigenvalue weighted by Gasteiger charge is -2.14. The summed E-state index contributed by atoms with van der Waals surface area (Å²) in [5.74, 6) is 1.96. The molecule has 1 aliphatic heterocycles. The van der Waals surface area contributed by atoms with Gasteiger partial charge in [0.1, 0.15) is 18.1 Å². The molecule has 0 unspecified atom stereocenters. The number of aromatic nitrogens is 3. The fraction of sp³-hybridized carbons (Fsp3) is 0.167. The van der Waals surface area contributed by atoms with E-state index in [1.54, 1.807) is 54.8 Å². The van der Waals surface area contributed by atoms with Crippen LogP contribution in [0, 0.1) is 0 Å². The van der Waals surface area contributed by atoms with Crippen molar-refractivity contribution in [3.05, 3.63) is 94.7 Å². The van der Waals surface area contributed by atoms with Crippen LogP contribution in [0.1, 0.15) is 32.3 Å². The molecular weight excluding hydrogens is 476 g/mol. The van der Waals surface area contributed by atoms with Gasteiger partial charge in [-0.15, -0.1) is 10.2 Å². The van der Waals surface area contributed by atoms with E-state index in [0.717, 1.165) is 5.76 Å². The first-order chi connectivity index (χ1) is 16.6. The molecule has 4 aromatic rings. The number of imide groups is 1. The summed E-state index contributed by atoms with van der Waals surface area (Å²) >= 11 is 7.35. The van der Waals surface area contributed by atoms with Crippen LogP contribution in [-0.2, 0) is 13.2 Å². The number of carbonyl (C=O) groups excluding carboxylic acids is 2. The van der Waals surface area contributed by atoms with Gasteiger partial charge in [-0.3, -0.25) is 19.1 Å². The van der Waals surface area contributed by atoms with Crippen molar-refractivity contribution in [3.63, 3.8) is 0 Å². The molecule has 2 amide bonds. The van der Waals surface area contributed by atoms with Gasteiger partial charge in [0, 0.05) is 17.3 Å². The van der Waals surface area contributed by atoms with Gasteiger partial charge in [-0.25, -0.2) is 0 Å². The Labute approximate surface area is 204 Å². The summed E-state index contributed by atoms with van der Waals surface area (Å²) in [6.45, 7) is 0.893. The van der Waals surface area contributed by atoms with E-state index >= 15 is 0 Å². The van der Waals surface area contributed by atoms with E-state index in [1.807, 2.05) is 16.7 Å². The molecule has 10 heteroatoms. The van der Waals surface area contributed by atoms with Crippen molar-refractivity contribution >= 4 is 35.2 Å². The number of hydrogen-bond donors (Lipinski definition) is 0. The molecule has 0 saturated carbocycles. The Bertz CT molecular complexity index is 1290. The number of carbonyl (C=O) groups is 2. The number of thioether (sulfide) groups is 1. The number of rotatable bonds is 9. The molecule has 0 saturated heterocycles. The highest BCUT2D eigenvalue weighted by Gasteiger charge is 2.34. The SMILES string of the molecule is O=C1c2ccccc2C(=O)N1CCSc1nnc(COc2ccc(Cl)cc2)n1Cc1ccco1. The topological polar surface area (TPSA) is 90.5 Å². The minimum atomic E-state index is -0.268. The van der Waals surface area contributed by atoms with E-state index in [-0.39, 0.29) is 25.0 Å². The quantitative estimate of drug-likeness (QED) is 0.249. The Kier molecular flexibility index (Phi) is 6.37. The van der Waals surface area contributed by atoms with Crippen LogP contribution < -0.4 is 4.74 Å². The highest BCUT2D eigenvalue weighted by Crippen LogP contribution is 2.25. The van der Waals surface area contributed by atoms with Crippen LogP contribution in [0.15, 0.2) is 76.5 Å². The predicted molar refractivity (Wildman–Crippen MR) is 126 cm³/mol. The molecule has 0 aliphatic carbocycles. The Balaban J connectivity index is 1.28. The molecule has 2 aromatic carbocycles. The summed E-state index contributed by atoms with van der Waals surface area (Å²) in [5.41, 5.74) is 0.889. The first kappa shape index (κ1) is 22.2. The fourth-order valence-electron chi connectivity index (χ4n) is 3.60. The normalized spacial score (nSPS) is 12.9. The van der Waals surface area contributed by atoms with E-state index in [0.29, 0.717) is 45.2 Å². The van der Waals surface area contributed by atoms with Crippen molar-refractivity contribution in [2.45, 2.75) is 18.3 Å². The Hall–Kier alpha value is -3.56. The van der Waals surface area contributed by atoms with Gasteiger partial charge in [0.25, 0.3) is 11.8 Å². The summed E-state index contributed by atoms with van der Waals surface area (Å²) in [7, 11) is 0. The average Bonchev–Trinajstić information content (AvgIpc) is 3.56. The van der Waals surface area contributed by atoms with Crippen molar-refractivity contribution in [2.24, 2.45) is 0 Å². The first-order valence-electron chi connectivity index (χ1n) is 10.5. The number of furan rings is 1. The summed E-state index contributed by atoms with van der Waals surface area (Å²) in [5, 5.41) is 9.87. The number of ether oxygens (including phenoxy) is 1. The van der Waals surface area contributed by atoms with Crippen LogP contribution in [0.5, 0.6) is 5.75 Å². The number of amides is 2. The zero-order valence-electron chi connectivity index (χ0n) is 17.9. The molecule has 0 bridgehead atoms. The molecule has 1 aliphatic rings. The lowest BCUT2D eigenvalue weighted by molar-refractivity contribution is 0.0664. The van der Waals surface area contributed by atoms with E-state index in [1.165, 1.54) is 16.7 Å². The molecule has 5 rings (SSSR count). The lowest BCUT2D eigenvalue weighted by Crippen LogP contribution is -2.31. The van der Waals surface area contributed by atoms with Gasteiger partial charge in [-0.05, 0) is 48.5 Å². The van der Waals surface area contributed by atoms with Crippen LogP contribution >= 0.6 is 23.4 Å². The Morgan fingerprint density at radius 1 is 0.941 bits per heavy atom. The van der Waals surface area contributed by atoms with Crippen LogP contribution in [0.3, 0.4) is 0 Å². The van der Waals surface area contributed by atoms with Crippen LogP contribution in [0.2, 0.25) is 5.02 Å². The van der Waals surface area contributed by atoms with Crippen LogP contribution in [-0.4, -0.2) is 43.8 Å². The van der Waals surface area contributed by atoms with E-state index in [9.17, 15) is 9.59 Å². The molecule has 0 spiro atoms. The zero-order chi connectivity index (χ0) is 23.5. The number of nitrogens with zero attached hydrogens (tertiary/aromatic N) is 4. The molecule has 34 heavy (non-hydrogen) atoms. The second kappa shape index (κ2) is 9.74. The summed E-state index contributed by atoms with van der Waals surface area (Å²) in [6, 6.07) is 17.6. The smallest absolute Gasteiger partial charge is 0.261 e. The van der Waals surface area contributed by atoms with Gasteiger partial charge in [-0.2, -0.15) is 0 Å². The van der Waals surface area contributed by atoms with Crippen molar-refractivity contribution in [1.29, 1.82) is 0 Å². The molecule has 3 heterocycles. The maximum Gasteiger partial charge on any atom is 0.261 e.